The van der Waals surface area contributed by atoms with E-state index in [1.165, 1.54) is 12.0 Å². The molecule has 1 saturated heterocycles. The van der Waals surface area contributed by atoms with Gasteiger partial charge in [0.25, 0.3) is 0 Å². The molecule has 1 aliphatic heterocycles. The van der Waals surface area contributed by atoms with E-state index in [-0.39, 0.29) is 23.8 Å². The molecule has 0 radical (unpaired) electrons. The lowest BCUT2D eigenvalue weighted by Crippen LogP contribution is -2.50. The average Bonchev–Trinajstić information content (AvgIpc) is 2.92. The molecule has 0 bridgehead atoms. The number of aryl methyl sites for hydroxylation is 1. The van der Waals surface area contributed by atoms with Crippen molar-refractivity contribution in [3.8, 4) is 0 Å². The highest BCUT2D eigenvalue weighted by molar-refractivity contribution is 7.91. The van der Waals surface area contributed by atoms with Crippen LogP contribution >= 0.6 is 0 Å². The van der Waals surface area contributed by atoms with Gasteiger partial charge in [-0.05, 0) is 25.3 Å². The molecule has 1 aromatic rings. The first kappa shape index (κ1) is 18.4. The summed E-state index contributed by atoms with van der Waals surface area (Å²) in [5.41, 5.74) is 1.02. The van der Waals surface area contributed by atoms with Gasteiger partial charge in [0.1, 0.15) is 6.04 Å². The SMILES string of the molecule is COC(=O)C(C)N(C(=O)CCc1ccccc1)C1CCS(=O)(=O)C1. The Balaban J connectivity index is 2.12. The minimum absolute atomic E-state index is 0.0496. The number of methoxy groups -OCH3 is 1. The Kier molecular flexibility index (Phi) is 5.99. The van der Waals surface area contributed by atoms with Crippen LogP contribution in [-0.4, -0.2) is 55.9 Å². The monoisotopic (exact) mass is 353 g/mol. The third-order valence-corrected chi connectivity index (χ3v) is 6.07. The third kappa shape index (κ3) is 4.56. The quantitative estimate of drug-likeness (QED) is 0.718. The van der Waals surface area contributed by atoms with Crippen molar-refractivity contribution >= 4 is 21.7 Å². The number of nitrogens with zero attached hydrogens (tertiary/aromatic N) is 1. The van der Waals surface area contributed by atoms with Crippen molar-refractivity contribution in [2.45, 2.75) is 38.3 Å². The molecule has 24 heavy (non-hydrogen) atoms. The van der Waals surface area contributed by atoms with Crippen LogP contribution in [0.25, 0.3) is 0 Å². The van der Waals surface area contributed by atoms with Crippen LogP contribution in [0.15, 0.2) is 30.3 Å². The van der Waals surface area contributed by atoms with Crippen molar-refractivity contribution < 1.29 is 22.7 Å². The Bertz CT molecular complexity index is 686. The Labute approximate surface area is 142 Å². The maximum Gasteiger partial charge on any atom is 0.328 e. The van der Waals surface area contributed by atoms with Gasteiger partial charge in [-0.1, -0.05) is 30.3 Å². The van der Waals surface area contributed by atoms with Crippen LogP contribution in [0.5, 0.6) is 0 Å². The first-order valence-corrected chi connectivity index (χ1v) is 9.79. The van der Waals surface area contributed by atoms with E-state index < -0.39 is 27.9 Å². The molecular weight excluding hydrogens is 330 g/mol. The first-order chi connectivity index (χ1) is 11.3. The molecule has 6 nitrogen and oxygen atoms in total. The van der Waals surface area contributed by atoms with Crippen molar-refractivity contribution in [1.29, 1.82) is 0 Å². The van der Waals surface area contributed by atoms with E-state index in [4.69, 9.17) is 4.74 Å². The van der Waals surface area contributed by atoms with Gasteiger partial charge in [-0.3, -0.25) is 4.79 Å². The van der Waals surface area contributed by atoms with E-state index in [2.05, 4.69) is 0 Å². The van der Waals surface area contributed by atoms with Crippen molar-refractivity contribution in [2.75, 3.05) is 18.6 Å². The second kappa shape index (κ2) is 7.79. The van der Waals surface area contributed by atoms with E-state index in [0.717, 1.165) is 5.56 Å². The number of carbonyl (C=O) groups excluding carboxylic acids is 2. The van der Waals surface area contributed by atoms with Gasteiger partial charge in [0.05, 0.1) is 18.6 Å². The van der Waals surface area contributed by atoms with Gasteiger partial charge >= 0.3 is 5.97 Å². The highest BCUT2D eigenvalue weighted by Crippen LogP contribution is 2.22. The summed E-state index contributed by atoms with van der Waals surface area (Å²) >= 11 is 0. The van der Waals surface area contributed by atoms with Gasteiger partial charge in [0.15, 0.2) is 9.84 Å². The summed E-state index contributed by atoms with van der Waals surface area (Å²) in [5.74, 6) is -0.800. The van der Waals surface area contributed by atoms with Crippen molar-refractivity contribution in [3.63, 3.8) is 0 Å². The molecule has 1 aliphatic rings. The number of benzene rings is 1. The second-order valence-electron chi connectivity index (χ2n) is 6.04. The Morgan fingerprint density at radius 2 is 1.96 bits per heavy atom. The van der Waals surface area contributed by atoms with Crippen LogP contribution in [0.2, 0.25) is 0 Å². The molecule has 1 fully saturated rings. The smallest absolute Gasteiger partial charge is 0.328 e. The summed E-state index contributed by atoms with van der Waals surface area (Å²) in [6.07, 6.45) is 1.13. The largest absolute Gasteiger partial charge is 0.467 e. The summed E-state index contributed by atoms with van der Waals surface area (Å²) in [6.45, 7) is 1.58. The molecule has 0 N–H and O–H groups in total. The Morgan fingerprint density at radius 1 is 1.29 bits per heavy atom. The van der Waals surface area contributed by atoms with Crippen LogP contribution < -0.4 is 0 Å². The Hall–Kier alpha value is -1.89. The number of ether oxygens (including phenoxy) is 1. The minimum Gasteiger partial charge on any atom is -0.467 e. The molecule has 1 aromatic carbocycles. The molecule has 7 heteroatoms. The van der Waals surface area contributed by atoms with E-state index in [0.29, 0.717) is 12.8 Å². The number of amides is 1. The lowest BCUT2D eigenvalue weighted by molar-refractivity contribution is -0.153. The molecule has 2 unspecified atom stereocenters. The minimum atomic E-state index is -3.15. The van der Waals surface area contributed by atoms with Crippen molar-refractivity contribution in [3.05, 3.63) is 35.9 Å². The molecule has 0 saturated carbocycles. The van der Waals surface area contributed by atoms with Crippen LogP contribution in [0.4, 0.5) is 0 Å². The lowest BCUT2D eigenvalue weighted by atomic mass is 10.1. The summed E-state index contributed by atoms with van der Waals surface area (Å²) in [6, 6.07) is 8.31. The average molecular weight is 353 g/mol. The molecule has 0 spiro atoms. The van der Waals surface area contributed by atoms with Gasteiger partial charge in [0, 0.05) is 12.5 Å². The fourth-order valence-electron chi connectivity index (χ4n) is 3.04. The fourth-order valence-corrected chi connectivity index (χ4v) is 4.75. The molecule has 2 rings (SSSR count). The molecule has 1 amide bonds. The topological polar surface area (TPSA) is 80.8 Å². The maximum atomic E-state index is 12.7. The van der Waals surface area contributed by atoms with Crippen LogP contribution in [0.1, 0.15) is 25.3 Å². The third-order valence-electron chi connectivity index (χ3n) is 4.32. The fraction of sp³-hybridized carbons (Fsp3) is 0.529. The van der Waals surface area contributed by atoms with E-state index in [1.807, 2.05) is 30.3 Å². The number of rotatable bonds is 6. The summed E-state index contributed by atoms with van der Waals surface area (Å²) in [5, 5.41) is 0. The normalized spacial score (nSPS) is 20.3. The highest BCUT2D eigenvalue weighted by atomic mass is 32.2. The van der Waals surface area contributed by atoms with E-state index in [1.54, 1.807) is 6.92 Å². The zero-order valence-corrected chi connectivity index (χ0v) is 14.8. The van der Waals surface area contributed by atoms with Crippen LogP contribution in [0, 0.1) is 0 Å². The zero-order valence-electron chi connectivity index (χ0n) is 14.0. The number of carbonyl (C=O) groups is 2. The first-order valence-electron chi connectivity index (χ1n) is 7.97. The van der Waals surface area contributed by atoms with Gasteiger partial charge in [-0.2, -0.15) is 0 Å². The molecule has 2 atom stereocenters. The van der Waals surface area contributed by atoms with Crippen LogP contribution in [-0.2, 0) is 30.6 Å². The van der Waals surface area contributed by atoms with Crippen LogP contribution in [0.3, 0.4) is 0 Å². The lowest BCUT2D eigenvalue weighted by Gasteiger charge is -2.32. The number of hydrogen-bond acceptors (Lipinski definition) is 5. The Morgan fingerprint density at radius 3 is 2.50 bits per heavy atom. The molecular formula is C17H23NO5S. The van der Waals surface area contributed by atoms with Crippen molar-refractivity contribution in [2.24, 2.45) is 0 Å². The van der Waals surface area contributed by atoms with Gasteiger partial charge in [-0.25, -0.2) is 13.2 Å². The highest BCUT2D eigenvalue weighted by Gasteiger charge is 2.39. The predicted octanol–water partition coefficient (Wildman–Crippen LogP) is 1.20. The predicted molar refractivity (Wildman–Crippen MR) is 90.1 cm³/mol. The van der Waals surface area contributed by atoms with Gasteiger partial charge in [-0.15, -0.1) is 0 Å². The van der Waals surface area contributed by atoms with E-state index >= 15 is 0 Å². The van der Waals surface area contributed by atoms with Gasteiger partial charge in [0.2, 0.25) is 5.91 Å². The number of sulfone groups is 1. The summed E-state index contributed by atoms with van der Waals surface area (Å²) < 4.78 is 28.2. The molecule has 1 heterocycles. The van der Waals surface area contributed by atoms with Crippen molar-refractivity contribution in [1.82, 2.24) is 4.90 Å². The maximum absolute atomic E-state index is 12.7. The zero-order chi connectivity index (χ0) is 17.7. The van der Waals surface area contributed by atoms with Gasteiger partial charge < -0.3 is 9.64 Å². The molecule has 0 aromatic heterocycles. The number of esters is 1. The number of hydrogen-bond donors (Lipinski definition) is 0. The second-order valence-corrected chi connectivity index (χ2v) is 8.27. The standard InChI is InChI=1S/C17H23NO5S/c1-13(17(20)23-2)18(15-10-11-24(21,22)12-15)16(19)9-8-14-6-4-3-5-7-14/h3-7,13,15H,8-12H2,1-2H3. The summed E-state index contributed by atoms with van der Waals surface area (Å²) in [7, 11) is -1.89. The molecule has 0 aliphatic carbocycles. The van der Waals surface area contributed by atoms with E-state index in [9.17, 15) is 18.0 Å². The molecule has 132 valence electrons. The summed E-state index contributed by atoms with van der Waals surface area (Å²) in [4.78, 5) is 26.0.